The molecule has 0 spiro atoms. The van der Waals surface area contributed by atoms with Crippen molar-refractivity contribution < 1.29 is 23.8 Å². The fourth-order valence-corrected chi connectivity index (χ4v) is 3.28. The van der Waals surface area contributed by atoms with Crippen molar-refractivity contribution in [1.82, 2.24) is 0 Å². The van der Waals surface area contributed by atoms with Crippen LogP contribution in [0.4, 0.5) is 10.1 Å². The number of aryl methyl sites for hydroxylation is 1. The molecule has 0 aliphatic rings. The molecule has 0 fully saturated rings. The Balaban J connectivity index is 1.97. The van der Waals surface area contributed by atoms with E-state index in [-0.39, 0.29) is 12.2 Å². The van der Waals surface area contributed by atoms with E-state index in [9.17, 15) is 19.1 Å². The highest BCUT2D eigenvalue weighted by molar-refractivity contribution is 6.07. The van der Waals surface area contributed by atoms with Gasteiger partial charge in [-0.05, 0) is 65.9 Å². The monoisotopic (exact) mass is 407 g/mol. The van der Waals surface area contributed by atoms with E-state index in [1.54, 1.807) is 50.2 Å². The van der Waals surface area contributed by atoms with Crippen LogP contribution in [-0.2, 0) is 11.3 Å². The van der Waals surface area contributed by atoms with E-state index < -0.39 is 17.7 Å². The predicted molar refractivity (Wildman–Crippen MR) is 113 cm³/mol. The summed E-state index contributed by atoms with van der Waals surface area (Å²) in [5.74, 6) is -1.80. The van der Waals surface area contributed by atoms with Gasteiger partial charge in [0.1, 0.15) is 5.82 Å². The van der Waals surface area contributed by atoms with E-state index in [0.29, 0.717) is 27.9 Å². The summed E-state index contributed by atoms with van der Waals surface area (Å²) in [6.07, 6.45) is 0. The zero-order valence-corrected chi connectivity index (χ0v) is 17.0. The van der Waals surface area contributed by atoms with Crippen LogP contribution < -0.4 is 5.32 Å². The summed E-state index contributed by atoms with van der Waals surface area (Å²) < 4.78 is 19.2. The first kappa shape index (κ1) is 21.2. The number of amides is 1. The number of anilines is 1. The lowest BCUT2D eigenvalue weighted by atomic mass is 9.99. The van der Waals surface area contributed by atoms with Crippen LogP contribution in [0, 0.1) is 19.7 Å². The number of aliphatic hydroxyl groups excluding tert-OH is 1. The van der Waals surface area contributed by atoms with E-state index in [0.717, 1.165) is 11.1 Å². The molecule has 0 bridgehead atoms. The van der Waals surface area contributed by atoms with Crippen molar-refractivity contribution in [1.29, 1.82) is 0 Å². The predicted octanol–water partition coefficient (Wildman–Crippen LogP) is 4.64. The van der Waals surface area contributed by atoms with Gasteiger partial charge in [-0.2, -0.15) is 0 Å². The number of halogens is 1. The van der Waals surface area contributed by atoms with Crippen molar-refractivity contribution in [2.24, 2.45) is 0 Å². The van der Waals surface area contributed by atoms with Crippen LogP contribution in [0.5, 0.6) is 0 Å². The van der Waals surface area contributed by atoms with Crippen molar-refractivity contribution in [2.75, 3.05) is 12.4 Å². The minimum absolute atomic E-state index is 0.114. The Morgan fingerprint density at radius 2 is 1.73 bits per heavy atom. The van der Waals surface area contributed by atoms with Crippen molar-refractivity contribution >= 4 is 17.6 Å². The summed E-state index contributed by atoms with van der Waals surface area (Å²) in [4.78, 5) is 24.8. The molecular formula is C24H22FNO4. The highest BCUT2D eigenvalue weighted by Crippen LogP contribution is 2.27. The molecule has 0 saturated carbocycles. The SMILES string of the molecule is COC(=O)c1ccc(C)c(NC(=O)c2cc(-c3cccc(CO)c3)ccc2F)c1C. The molecule has 0 heterocycles. The summed E-state index contributed by atoms with van der Waals surface area (Å²) in [7, 11) is 1.28. The van der Waals surface area contributed by atoms with Crippen LogP contribution in [0.1, 0.15) is 37.4 Å². The quantitative estimate of drug-likeness (QED) is 0.604. The van der Waals surface area contributed by atoms with E-state index in [1.807, 2.05) is 6.07 Å². The molecule has 0 radical (unpaired) electrons. The Kier molecular flexibility index (Phi) is 6.28. The summed E-state index contributed by atoms with van der Waals surface area (Å²) >= 11 is 0. The first-order chi connectivity index (χ1) is 14.3. The normalized spacial score (nSPS) is 10.6. The number of hydrogen-bond donors (Lipinski definition) is 2. The molecule has 3 aromatic carbocycles. The van der Waals surface area contributed by atoms with Crippen molar-refractivity contribution in [3.63, 3.8) is 0 Å². The molecule has 0 unspecified atom stereocenters. The molecule has 0 aliphatic carbocycles. The van der Waals surface area contributed by atoms with Crippen LogP contribution in [0.2, 0.25) is 0 Å². The van der Waals surface area contributed by atoms with Crippen molar-refractivity contribution in [3.8, 4) is 11.1 Å². The van der Waals surface area contributed by atoms with Gasteiger partial charge in [-0.1, -0.05) is 30.3 Å². The second-order valence-electron chi connectivity index (χ2n) is 6.93. The number of carbonyl (C=O) groups is 2. The number of rotatable bonds is 5. The van der Waals surface area contributed by atoms with Crippen molar-refractivity contribution in [3.05, 3.63) is 88.2 Å². The molecule has 3 rings (SSSR count). The molecule has 154 valence electrons. The third-order valence-corrected chi connectivity index (χ3v) is 4.97. The lowest BCUT2D eigenvalue weighted by molar-refractivity contribution is 0.0599. The van der Waals surface area contributed by atoms with Gasteiger partial charge in [0.25, 0.3) is 5.91 Å². The zero-order chi connectivity index (χ0) is 21.8. The maximum Gasteiger partial charge on any atom is 0.338 e. The van der Waals surface area contributed by atoms with Gasteiger partial charge in [-0.25, -0.2) is 9.18 Å². The number of ether oxygens (including phenoxy) is 1. The molecule has 0 saturated heterocycles. The fraction of sp³-hybridized carbons (Fsp3) is 0.167. The molecule has 30 heavy (non-hydrogen) atoms. The Morgan fingerprint density at radius 1 is 1.00 bits per heavy atom. The van der Waals surface area contributed by atoms with Gasteiger partial charge >= 0.3 is 5.97 Å². The minimum atomic E-state index is -0.658. The van der Waals surface area contributed by atoms with Crippen LogP contribution in [0.15, 0.2) is 54.6 Å². The molecule has 1 amide bonds. The average molecular weight is 407 g/mol. The summed E-state index contributed by atoms with van der Waals surface area (Å²) in [5.41, 5.74) is 4.05. The molecule has 2 N–H and O–H groups in total. The molecular weight excluding hydrogens is 385 g/mol. The summed E-state index contributed by atoms with van der Waals surface area (Å²) in [6, 6.07) is 14.8. The highest BCUT2D eigenvalue weighted by Gasteiger charge is 2.19. The maximum absolute atomic E-state index is 14.5. The van der Waals surface area contributed by atoms with Gasteiger partial charge < -0.3 is 15.2 Å². The fourth-order valence-electron chi connectivity index (χ4n) is 3.28. The Labute approximate surface area is 174 Å². The van der Waals surface area contributed by atoms with Gasteiger partial charge in [0.2, 0.25) is 0 Å². The molecule has 3 aromatic rings. The minimum Gasteiger partial charge on any atom is -0.465 e. The van der Waals surface area contributed by atoms with E-state index in [2.05, 4.69) is 5.32 Å². The smallest absolute Gasteiger partial charge is 0.338 e. The number of methoxy groups -OCH3 is 1. The van der Waals surface area contributed by atoms with Gasteiger partial charge in [0.15, 0.2) is 0 Å². The van der Waals surface area contributed by atoms with Crippen LogP contribution in [-0.4, -0.2) is 24.1 Å². The van der Waals surface area contributed by atoms with E-state index in [4.69, 9.17) is 4.74 Å². The zero-order valence-electron chi connectivity index (χ0n) is 17.0. The number of esters is 1. The van der Waals surface area contributed by atoms with Crippen LogP contribution >= 0.6 is 0 Å². The standard InChI is InChI=1S/C24H22FNO4/c1-14-7-9-19(24(29)30-3)15(2)22(14)26-23(28)20-12-18(8-10-21(20)25)17-6-4-5-16(11-17)13-27/h4-12,27H,13H2,1-3H3,(H,26,28). The number of carbonyl (C=O) groups excluding carboxylic acids is 2. The third kappa shape index (κ3) is 4.23. The first-order valence-electron chi connectivity index (χ1n) is 9.35. The van der Waals surface area contributed by atoms with Gasteiger partial charge in [0.05, 0.1) is 24.8 Å². The number of nitrogens with one attached hydrogen (secondary N) is 1. The van der Waals surface area contributed by atoms with E-state index >= 15 is 0 Å². The molecule has 0 aromatic heterocycles. The van der Waals surface area contributed by atoms with Crippen molar-refractivity contribution in [2.45, 2.75) is 20.5 Å². The Bertz CT molecular complexity index is 1120. The average Bonchev–Trinajstić information content (AvgIpc) is 2.76. The molecule has 0 aliphatic heterocycles. The second-order valence-corrected chi connectivity index (χ2v) is 6.93. The summed E-state index contributed by atoms with van der Waals surface area (Å²) in [5, 5.41) is 12.1. The Hall–Kier alpha value is -3.51. The van der Waals surface area contributed by atoms with Crippen LogP contribution in [0.3, 0.4) is 0 Å². The Morgan fingerprint density at radius 3 is 2.43 bits per heavy atom. The lowest BCUT2D eigenvalue weighted by Crippen LogP contribution is -2.17. The van der Waals surface area contributed by atoms with Gasteiger partial charge in [0, 0.05) is 5.69 Å². The van der Waals surface area contributed by atoms with Gasteiger partial charge in [-0.15, -0.1) is 0 Å². The van der Waals surface area contributed by atoms with Gasteiger partial charge in [-0.3, -0.25) is 4.79 Å². The largest absolute Gasteiger partial charge is 0.465 e. The summed E-state index contributed by atoms with van der Waals surface area (Å²) in [6.45, 7) is 3.37. The third-order valence-electron chi connectivity index (χ3n) is 4.97. The van der Waals surface area contributed by atoms with Crippen LogP contribution in [0.25, 0.3) is 11.1 Å². The number of aliphatic hydroxyl groups is 1. The molecule has 0 atom stereocenters. The molecule has 5 nitrogen and oxygen atoms in total. The second kappa shape index (κ2) is 8.88. The first-order valence-corrected chi connectivity index (χ1v) is 9.35. The lowest BCUT2D eigenvalue weighted by Gasteiger charge is -2.15. The maximum atomic E-state index is 14.5. The topological polar surface area (TPSA) is 75.6 Å². The number of benzene rings is 3. The molecule has 6 heteroatoms. The number of hydrogen-bond acceptors (Lipinski definition) is 4. The van der Waals surface area contributed by atoms with E-state index in [1.165, 1.54) is 19.2 Å². The highest BCUT2D eigenvalue weighted by atomic mass is 19.1.